The van der Waals surface area contributed by atoms with Crippen molar-refractivity contribution in [3.05, 3.63) is 89.5 Å². The van der Waals surface area contributed by atoms with Crippen LogP contribution in [0.25, 0.3) is 36.9 Å². The molecule has 0 aliphatic heterocycles. The molecule has 8 N–H and O–H groups in total. The molecule has 0 fully saturated rings. The van der Waals surface area contributed by atoms with Crippen LogP contribution in [-0.4, -0.2) is 25.0 Å². The van der Waals surface area contributed by atoms with Gasteiger partial charge >= 0.3 is 0 Å². The van der Waals surface area contributed by atoms with Crippen LogP contribution < -0.4 is 22.9 Å². The number of aliphatic imine (C=N–C) groups is 2. The van der Waals surface area contributed by atoms with Crippen molar-refractivity contribution in [2.45, 2.75) is 38.5 Å². The molecule has 39 heavy (non-hydrogen) atoms. The smallest absolute Gasteiger partial charge is 0.185 e. The Bertz CT molecular complexity index is 1600. The number of fused-ring (bicyclic) bond motifs is 3. The lowest BCUT2D eigenvalue weighted by molar-refractivity contribution is 0.777. The Kier molecular flexibility index (Phi) is 8.27. The fourth-order valence-corrected chi connectivity index (χ4v) is 6.28. The summed E-state index contributed by atoms with van der Waals surface area (Å²) in [6.07, 6.45) is 10.7. The van der Waals surface area contributed by atoms with Gasteiger partial charge in [-0.05, 0) is 90.6 Å². The maximum absolute atomic E-state index is 5.46. The van der Waals surface area contributed by atoms with Crippen LogP contribution in [0.4, 0.5) is 0 Å². The Morgan fingerprint density at radius 3 is 2.08 bits per heavy atom. The van der Waals surface area contributed by atoms with Crippen LogP contribution in [-0.2, 0) is 6.42 Å². The highest BCUT2D eigenvalue weighted by atomic mass is 32.1. The maximum Gasteiger partial charge on any atom is 0.185 e. The van der Waals surface area contributed by atoms with Gasteiger partial charge < -0.3 is 22.9 Å². The monoisotopic (exact) mass is 536 g/mol. The second-order valence-corrected chi connectivity index (χ2v) is 11.1. The number of hydrogen-bond donors (Lipinski definition) is 4. The summed E-state index contributed by atoms with van der Waals surface area (Å²) >= 11 is 1.86. The van der Waals surface area contributed by atoms with Crippen molar-refractivity contribution < 1.29 is 0 Å². The van der Waals surface area contributed by atoms with Gasteiger partial charge in [0.05, 0.1) is 0 Å². The minimum Gasteiger partial charge on any atom is -0.370 e. The van der Waals surface area contributed by atoms with Crippen LogP contribution in [0, 0.1) is 0 Å². The molecule has 5 rings (SSSR count). The number of benzene rings is 3. The molecule has 0 amide bonds. The first-order chi connectivity index (χ1) is 19.0. The molecule has 4 aromatic rings. The Hall–Kier alpha value is -4.10. The summed E-state index contributed by atoms with van der Waals surface area (Å²) in [6.45, 7) is 1.32. The predicted octanol–water partition coefficient (Wildman–Crippen LogP) is 6.08. The summed E-state index contributed by atoms with van der Waals surface area (Å²) in [7, 11) is 0. The SMILES string of the molecule is NC(N)=NCCCC1=CC(c2ccc3sc4ccc(-c5cccc(CCCN=C(N)N)c5)cc4c3c2)=CCC1. The number of nitrogens with zero attached hydrogens (tertiary/aromatic N) is 2. The normalized spacial score (nSPS) is 13.2. The highest BCUT2D eigenvalue weighted by molar-refractivity contribution is 7.25. The summed E-state index contributed by atoms with van der Waals surface area (Å²) in [6, 6.07) is 22.5. The Labute approximate surface area is 233 Å². The molecule has 6 nitrogen and oxygen atoms in total. The molecule has 200 valence electrons. The fraction of sp³-hybridized carbons (Fsp3) is 0.250. The quantitative estimate of drug-likeness (QED) is 0.111. The first-order valence-electron chi connectivity index (χ1n) is 13.5. The third-order valence-electron chi connectivity index (χ3n) is 7.12. The van der Waals surface area contributed by atoms with E-state index in [2.05, 4.69) is 82.8 Å². The van der Waals surface area contributed by atoms with E-state index < -0.39 is 0 Å². The summed E-state index contributed by atoms with van der Waals surface area (Å²) in [5, 5.41) is 2.63. The maximum atomic E-state index is 5.46. The van der Waals surface area contributed by atoms with E-state index in [-0.39, 0.29) is 11.9 Å². The summed E-state index contributed by atoms with van der Waals surface area (Å²) in [4.78, 5) is 8.22. The van der Waals surface area contributed by atoms with Crippen molar-refractivity contribution >= 4 is 49.0 Å². The van der Waals surface area contributed by atoms with E-state index in [1.807, 2.05) is 11.3 Å². The molecular weight excluding hydrogens is 500 g/mol. The number of aryl methyl sites for hydroxylation is 1. The average molecular weight is 537 g/mol. The second-order valence-electron chi connectivity index (χ2n) is 10.0. The van der Waals surface area contributed by atoms with E-state index in [1.165, 1.54) is 53.6 Å². The molecule has 0 radical (unpaired) electrons. The Morgan fingerprint density at radius 1 is 0.718 bits per heavy atom. The summed E-state index contributed by atoms with van der Waals surface area (Å²) < 4.78 is 2.63. The van der Waals surface area contributed by atoms with Crippen LogP contribution in [0.1, 0.15) is 43.2 Å². The van der Waals surface area contributed by atoms with E-state index in [9.17, 15) is 0 Å². The highest BCUT2D eigenvalue weighted by Crippen LogP contribution is 2.39. The number of nitrogens with two attached hydrogens (primary N) is 4. The zero-order valence-electron chi connectivity index (χ0n) is 22.2. The van der Waals surface area contributed by atoms with Gasteiger partial charge in [-0.1, -0.05) is 54.1 Å². The fourth-order valence-electron chi connectivity index (χ4n) is 5.21. The lowest BCUT2D eigenvalue weighted by atomic mass is 9.91. The van der Waals surface area contributed by atoms with Crippen LogP contribution in [0.2, 0.25) is 0 Å². The molecule has 0 spiro atoms. The molecule has 0 saturated heterocycles. The first-order valence-corrected chi connectivity index (χ1v) is 14.3. The number of thiophene rings is 1. The number of rotatable bonds is 10. The number of guanidine groups is 2. The van der Waals surface area contributed by atoms with E-state index in [1.54, 1.807) is 0 Å². The summed E-state index contributed by atoms with van der Waals surface area (Å²) in [5.41, 5.74) is 29.6. The molecule has 1 heterocycles. The van der Waals surface area contributed by atoms with Gasteiger partial charge in [0.25, 0.3) is 0 Å². The Balaban J connectivity index is 1.39. The van der Waals surface area contributed by atoms with Gasteiger partial charge in [0.1, 0.15) is 0 Å². The molecule has 1 aliphatic carbocycles. The molecule has 1 aromatic heterocycles. The van der Waals surface area contributed by atoms with Gasteiger partial charge in [0, 0.05) is 33.3 Å². The van der Waals surface area contributed by atoms with Crippen molar-refractivity contribution in [3.8, 4) is 11.1 Å². The van der Waals surface area contributed by atoms with E-state index in [0.29, 0.717) is 13.1 Å². The molecule has 7 heteroatoms. The van der Waals surface area contributed by atoms with E-state index >= 15 is 0 Å². The number of allylic oxidation sites excluding steroid dienone is 4. The Morgan fingerprint density at radius 2 is 1.36 bits per heavy atom. The van der Waals surface area contributed by atoms with Crippen LogP contribution >= 0.6 is 11.3 Å². The van der Waals surface area contributed by atoms with Crippen LogP contribution in [0.5, 0.6) is 0 Å². The second kappa shape index (κ2) is 12.2. The lowest BCUT2D eigenvalue weighted by Gasteiger charge is -2.14. The van der Waals surface area contributed by atoms with Crippen molar-refractivity contribution in [2.75, 3.05) is 13.1 Å². The molecular formula is C32H36N6S. The van der Waals surface area contributed by atoms with Crippen molar-refractivity contribution in [3.63, 3.8) is 0 Å². The van der Waals surface area contributed by atoms with Gasteiger partial charge in [-0.3, -0.25) is 9.98 Å². The topological polar surface area (TPSA) is 129 Å². The van der Waals surface area contributed by atoms with Crippen LogP contribution in [0.15, 0.2) is 88.4 Å². The largest absolute Gasteiger partial charge is 0.370 e. The molecule has 0 bridgehead atoms. The van der Waals surface area contributed by atoms with E-state index in [0.717, 1.165) is 38.5 Å². The van der Waals surface area contributed by atoms with Gasteiger partial charge in [0.2, 0.25) is 0 Å². The van der Waals surface area contributed by atoms with Crippen LogP contribution in [0.3, 0.4) is 0 Å². The van der Waals surface area contributed by atoms with E-state index in [4.69, 9.17) is 22.9 Å². The third-order valence-corrected chi connectivity index (χ3v) is 8.27. The van der Waals surface area contributed by atoms with Gasteiger partial charge in [-0.2, -0.15) is 0 Å². The molecule has 0 saturated carbocycles. The predicted molar refractivity (Wildman–Crippen MR) is 169 cm³/mol. The van der Waals surface area contributed by atoms with Crippen molar-refractivity contribution in [1.29, 1.82) is 0 Å². The molecule has 1 aliphatic rings. The van der Waals surface area contributed by atoms with Gasteiger partial charge in [0.15, 0.2) is 11.9 Å². The van der Waals surface area contributed by atoms with Crippen molar-refractivity contribution in [1.82, 2.24) is 0 Å². The molecule has 3 aromatic carbocycles. The van der Waals surface area contributed by atoms with Gasteiger partial charge in [-0.25, -0.2) is 0 Å². The zero-order chi connectivity index (χ0) is 27.2. The van der Waals surface area contributed by atoms with Gasteiger partial charge in [-0.15, -0.1) is 11.3 Å². The lowest BCUT2D eigenvalue weighted by Crippen LogP contribution is -2.23. The highest BCUT2D eigenvalue weighted by Gasteiger charge is 2.12. The zero-order valence-corrected chi connectivity index (χ0v) is 23.0. The number of hydrogen-bond acceptors (Lipinski definition) is 3. The molecule has 0 unspecified atom stereocenters. The standard InChI is InChI=1S/C32H36N6S/c33-31(34)37-15-3-7-21-5-1-9-23(17-21)25-11-13-29-27(19-25)28-20-26(12-14-30(28)39-29)24-10-2-6-22(18-24)8-4-16-38-32(35)36/h1,5,9-14,17-20H,2-4,6-8,15-16H2,(H4,33,34,37)(H4,35,36,38). The average Bonchev–Trinajstić information content (AvgIpc) is 3.31. The first kappa shape index (κ1) is 26.5. The minimum absolute atomic E-state index is 0.152. The van der Waals surface area contributed by atoms with Crippen molar-refractivity contribution in [2.24, 2.45) is 32.9 Å². The summed E-state index contributed by atoms with van der Waals surface area (Å²) in [5.74, 6) is 0.318. The molecule has 0 atom stereocenters. The minimum atomic E-state index is 0.152. The third kappa shape index (κ3) is 6.67.